The van der Waals surface area contributed by atoms with Crippen LogP contribution in [0.1, 0.15) is 86.5 Å². The fourth-order valence-electron chi connectivity index (χ4n) is 9.23. The van der Waals surface area contributed by atoms with Crippen molar-refractivity contribution in [2.45, 2.75) is 111 Å². The van der Waals surface area contributed by atoms with Gasteiger partial charge in [0.05, 0.1) is 24.4 Å². The lowest BCUT2D eigenvalue weighted by Gasteiger charge is -2.61. The number of rotatable bonds is 5. The zero-order valence-corrected chi connectivity index (χ0v) is 21.6. The first-order valence-corrected chi connectivity index (χ1v) is 13.6. The average molecular weight is 465 g/mol. The van der Waals surface area contributed by atoms with Crippen molar-refractivity contribution in [2.24, 2.45) is 58.2 Å². The number of carbonyl (C=O) groups excluding carboxylic acids is 1. The van der Waals surface area contributed by atoms with Gasteiger partial charge in [0, 0.05) is 12.3 Å². The van der Waals surface area contributed by atoms with Crippen LogP contribution in [0, 0.1) is 58.2 Å². The van der Waals surface area contributed by atoms with Crippen molar-refractivity contribution in [3.05, 3.63) is 0 Å². The number of aliphatic hydroxyl groups is 4. The van der Waals surface area contributed by atoms with E-state index in [2.05, 4.69) is 34.6 Å². The molecule has 0 aliphatic heterocycles. The normalized spacial score (nSPS) is 49.1. The molecule has 0 aromatic heterocycles. The molecule has 0 radical (unpaired) electrons. The van der Waals surface area contributed by atoms with Crippen LogP contribution >= 0.6 is 0 Å². The highest BCUT2D eigenvalue weighted by atomic mass is 16.3. The van der Waals surface area contributed by atoms with Crippen molar-refractivity contribution in [1.29, 1.82) is 0 Å². The largest absolute Gasteiger partial charge is 0.390 e. The third kappa shape index (κ3) is 3.93. The second kappa shape index (κ2) is 8.87. The minimum Gasteiger partial charge on any atom is -0.390 e. The summed E-state index contributed by atoms with van der Waals surface area (Å²) < 4.78 is 0. The molecule has 0 unspecified atom stereocenters. The highest BCUT2D eigenvalue weighted by Gasteiger charge is 2.63. The molecule has 5 nitrogen and oxygen atoms in total. The summed E-state index contributed by atoms with van der Waals surface area (Å²) in [6, 6.07) is 0. The summed E-state index contributed by atoms with van der Waals surface area (Å²) in [6.45, 7) is 12.9. The van der Waals surface area contributed by atoms with E-state index in [1.54, 1.807) is 0 Å². The van der Waals surface area contributed by atoms with Gasteiger partial charge in [-0.3, -0.25) is 4.79 Å². The van der Waals surface area contributed by atoms with Crippen molar-refractivity contribution >= 4 is 5.78 Å². The molecular formula is C28H48O5. The van der Waals surface area contributed by atoms with Gasteiger partial charge >= 0.3 is 0 Å². The highest BCUT2D eigenvalue weighted by molar-refractivity contribution is 5.83. The molecule has 4 N–H and O–H groups in total. The average Bonchev–Trinajstić information content (AvgIpc) is 3.10. The Bertz CT molecular complexity index is 738. The van der Waals surface area contributed by atoms with Gasteiger partial charge in [-0.2, -0.15) is 0 Å². The van der Waals surface area contributed by atoms with Crippen LogP contribution in [-0.2, 0) is 4.79 Å². The van der Waals surface area contributed by atoms with Crippen molar-refractivity contribution in [1.82, 2.24) is 0 Å². The van der Waals surface area contributed by atoms with Gasteiger partial charge in [-0.05, 0) is 90.8 Å². The number of fused-ring (bicyclic) bond motifs is 5. The van der Waals surface area contributed by atoms with Gasteiger partial charge in [0.15, 0.2) is 0 Å². The summed E-state index contributed by atoms with van der Waals surface area (Å²) in [7, 11) is 0. The zero-order chi connectivity index (χ0) is 24.5. The summed E-state index contributed by atoms with van der Waals surface area (Å²) in [5.41, 5.74) is -0.162. The van der Waals surface area contributed by atoms with Crippen LogP contribution in [0.25, 0.3) is 0 Å². The molecule has 4 aliphatic carbocycles. The quantitative estimate of drug-likeness (QED) is 0.496. The number of aliphatic hydroxyl groups excluding tert-OH is 4. The van der Waals surface area contributed by atoms with Crippen LogP contribution in [0.15, 0.2) is 0 Å². The molecule has 13 atom stereocenters. The second-order valence-electron chi connectivity index (χ2n) is 13.4. The number of hydrogen-bond donors (Lipinski definition) is 4. The first-order valence-electron chi connectivity index (χ1n) is 13.6. The van der Waals surface area contributed by atoms with Gasteiger partial charge in [-0.25, -0.2) is 0 Å². The maximum atomic E-state index is 13.3. The predicted octanol–water partition coefficient (Wildman–Crippen LogP) is 3.81. The summed E-state index contributed by atoms with van der Waals surface area (Å²) in [5.74, 6) is 2.05. The number of carbonyl (C=O) groups is 1. The molecule has 4 saturated carbocycles. The van der Waals surface area contributed by atoms with E-state index in [0.717, 1.165) is 25.7 Å². The zero-order valence-electron chi connectivity index (χ0n) is 21.6. The lowest BCUT2D eigenvalue weighted by molar-refractivity contribution is -0.175. The van der Waals surface area contributed by atoms with Gasteiger partial charge in [0.1, 0.15) is 5.78 Å². The van der Waals surface area contributed by atoms with Gasteiger partial charge in [-0.15, -0.1) is 0 Å². The maximum absolute atomic E-state index is 13.3. The van der Waals surface area contributed by atoms with E-state index < -0.39 is 24.4 Å². The lowest BCUT2D eigenvalue weighted by Crippen LogP contribution is -2.59. The fourth-order valence-corrected chi connectivity index (χ4v) is 9.23. The predicted molar refractivity (Wildman–Crippen MR) is 128 cm³/mol. The molecule has 5 heteroatoms. The first-order chi connectivity index (χ1) is 15.3. The van der Waals surface area contributed by atoms with Crippen LogP contribution in [0.3, 0.4) is 0 Å². The van der Waals surface area contributed by atoms with Gasteiger partial charge in [0.25, 0.3) is 0 Å². The van der Waals surface area contributed by atoms with Crippen LogP contribution in [0.4, 0.5) is 0 Å². The Labute approximate surface area is 200 Å². The second-order valence-corrected chi connectivity index (χ2v) is 13.4. The number of hydrogen-bond acceptors (Lipinski definition) is 5. The Morgan fingerprint density at radius 3 is 2.15 bits per heavy atom. The highest BCUT2D eigenvalue weighted by Crippen LogP contribution is 2.67. The van der Waals surface area contributed by atoms with Gasteiger partial charge in [-0.1, -0.05) is 41.5 Å². The Kier molecular flexibility index (Phi) is 6.88. The molecule has 0 aromatic rings. The van der Waals surface area contributed by atoms with Crippen molar-refractivity contribution in [2.75, 3.05) is 0 Å². The Hall–Kier alpha value is -0.490. The molecule has 33 heavy (non-hydrogen) atoms. The summed E-state index contributed by atoms with van der Waals surface area (Å²) in [4.78, 5) is 13.3. The van der Waals surface area contributed by atoms with E-state index in [4.69, 9.17) is 0 Å². The van der Waals surface area contributed by atoms with Gasteiger partial charge in [0.2, 0.25) is 0 Å². The van der Waals surface area contributed by atoms with E-state index in [-0.39, 0.29) is 34.4 Å². The minimum atomic E-state index is -0.782. The molecule has 0 amide bonds. The Morgan fingerprint density at radius 2 is 1.52 bits per heavy atom. The van der Waals surface area contributed by atoms with Crippen LogP contribution in [0.2, 0.25) is 0 Å². The summed E-state index contributed by atoms with van der Waals surface area (Å²) >= 11 is 0. The van der Waals surface area contributed by atoms with Crippen LogP contribution in [0.5, 0.6) is 0 Å². The van der Waals surface area contributed by atoms with Gasteiger partial charge < -0.3 is 20.4 Å². The standard InChI is InChI=1S/C28H48O5/c1-14(2)15(3)25(32)26(33)16(4)18-7-8-19-17-11-22(29)21-12-23(30)24(31)13-28(21,6)20(17)9-10-27(18,19)5/h14-21,23-26,30-33H,7-13H2,1-6H3/t15-,16-,17-,18+,19-,20-,21-,23-,24+,25+,26+,27+,28+/m0/s1. The number of Topliss-reactive ketones (excluding diaryl/α,β-unsaturated/α-hetero) is 1. The van der Waals surface area contributed by atoms with Crippen molar-refractivity contribution in [3.8, 4) is 0 Å². The molecule has 0 bridgehead atoms. The topological polar surface area (TPSA) is 98.0 Å². The van der Waals surface area contributed by atoms with E-state index in [1.807, 2.05) is 6.92 Å². The van der Waals surface area contributed by atoms with E-state index >= 15 is 0 Å². The van der Waals surface area contributed by atoms with Crippen molar-refractivity contribution < 1.29 is 25.2 Å². The molecule has 4 aliphatic rings. The smallest absolute Gasteiger partial charge is 0.136 e. The lowest BCUT2D eigenvalue weighted by atomic mass is 9.44. The third-order valence-electron chi connectivity index (χ3n) is 11.7. The van der Waals surface area contributed by atoms with Crippen LogP contribution < -0.4 is 0 Å². The van der Waals surface area contributed by atoms with Crippen LogP contribution in [-0.4, -0.2) is 50.6 Å². The molecule has 4 fully saturated rings. The van der Waals surface area contributed by atoms with E-state index in [0.29, 0.717) is 48.9 Å². The molecule has 190 valence electrons. The molecule has 0 aromatic carbocycles. The molecular weight excluding hydrogens is 416 g/mol. The molecule has 0 heterocycles. The third-order valence-corrected chi connectivity index (χ3v) is 11.7. The van der Waals surface area contributed by atoms with E-state index in [9.17, 15) is 25.2 Å². The molecule has 4 rings (SSSR count). The fraction of sp³-hybridized carbons (Fsp3) is 0.964. The first kappa shape index (κ1) is 25.6. The maximum Gasteiger partial charge on any atom is 0.136 e. The molecule has 0 saturated heterocycles. The summed E-state index contributed by atoms with van der Waals surface area (Å²) in [5, 5.41) is 42.8. The van der Waals surface area contributed by atoms with Crippen molar-refractivity contribution in [3.63, 3.8) is 0 Å². The number of ketones is 1. The Morgan fingerprint density at radius 1 is 0.879 bits per heavy atom. The SMILES string of the molecule is CC(C)[C@H](C)[C@@H](O)[C@H](O)[C@@H](C)[C@H]1CC[C@H]2[C@@H]3CC(=O)[C@@H]4C[C@H](O)[C@H](O)C[C@]4(C)[C@H]3CC[C@]12C. The summed E-state index contributed by atoms with van der Waals surface area (Å²) in [6.07, 6.45) is 2.80. The van der Waals surface area contributed by atoms with E-state index in [1.165, 1.54) is 0 Å². The minimum absolute atomic E-state index is 0.0158. The monoisotopic (exact) mass is 464 g/mol. The molecule has 0 spiro atoms. The Balaban J connectivity index is 1.56.